The van der Waals surface area contributed by atoms with Crippen molar-refractivity contribution >= 4 is 6.16 Å². The summed E-state index contributed by atoms with van der Waals surface area (Å²) in [6.45, 7) is 0. The van der Waals surface area contributed by atoms with Gasteiger partial charge < -0.3 is 16.4 Å². The zero-order valence-electron chi connectivity index (χ0n) is 4.76. The van der Waals surface area contributed by atoms with Gasteiger partial charge >= 0.3 is 98.5 Å². The van der Waals surface area contributed by atoms with Gasteiger partial charge in [-0.3, -0.25) is 0 Å². The first kappa shape index (κ1) is 15.8. The van der Waals surface area contributed by atoms with Gasteiger partial charge in [0.05, 0.1) is 0 Å². The van der Waals surface area contributed by atoms with Crippen molar-refractivity contribution in [1.29, 1.82) is 0 Å². The summed E-state index contributed by atoms with van der Waals surface area (Å²) in [5.41, 5.74) is 0. The molecule has 0 aromatic rings. The minimum Gasteiger partial charge on any atom is -1.00 e. The number of hydrogen-bond acceptors (Lipinski definition) is 2. The molecule has 0 unspecified atom stereocenters. The molecule has 6 heavy (non-hydrogen) atoms. The molecule has 0 heterocycles. The maximum Gasteiger partial charge on any atom is 1.00 e. The zero-order valence-corrected chi connectivity index (χ0v) is 12.0. The molecule has 0 aromatic heterocycles. The quantitative estimate of drug-likeness (QED) is 0.413. The van der Waals surface area contributed by atoms with Crippen molar-refractivity contribution in [2.45, 2.75) is 0 Å². The average Bonchev–Trinajstić information content (AvgIpc) is 0.811. The zero-order chi connectivity index (χ0) is 3.58. The second kappa shape index (κ2) is 10.3. The van der Waals surface area contributed by atoms with Gasteiger partial charge in [0.2, 0.25) is 6.16 Å². The van der Waals surface area contributed by atoms with Crippen LogP contribution in [0, 0.1) is 0 Å². The second-order valence-electron chi connectivity index (χ2n) is 0.266. The van der Waals surface area contributed by atoms with Gasteiger partial charge in [0.1, 0.15) is 0 Å². The predicted octanol–water partition coefficient (Wildman–Crippen LogP) is -6.75. The monoisotopic (exact) mass is 220 g/mol. The van der Waals surface area contributed by atoms with E-state index in [2.05, 4.69) is 0 Å². The number of hydrogen-bond donors (Lipinski definition) is 1. The van der Waals surface area contributed by atoms with Gasteiger partial charge in [-0.15, -0.1) is 0 Å². The Morgan fingerprint density at radius 3 is 2.00 bits per heavy atom. The van der Waals surface area contributed by atoms with Gasteiger partial charge in [-0.2, -0.15) is 0 Å². The summed E-state index contributed by atoms with van der Waals surface area (Å²) in [6.07, 6.45) is -2.08. The first-order valence-electron chi connectivity index (χ1n) is 0.632. The summed E-state index contributed by atoms with van der Waals surface area (Å²) in [4.78, 5) is 8.44. The molecule has 5 heteroatoms. The van der Waals surface area contributed by atoms with Gasteiger partial charge in [0.25, 0.3) is 0 Å². The Balaban J connectivity index is -0.00000000750. The maximum atomic E-state index is 8.44. The van der Waals surface area contributed by atoms with E-state index in [1.165, 1.54) is 0 Å². The van der Waals surface area contributed by atoms with E-state index in [0.29, 0.717) is 0 Å². The van der Waals surface area contributed by atoms with Crippen LogP contribution < -0.4 is 104 Å². The minimum absolute atomic E-state index is 0. The minimum atomic E-state index is -2.08. The Kier molecular flexibility index (Phi) is 27.1. The predicted molar refractivity (Wildman–Crippen MR) is 11.3 cm³/mol. The van der Waals surface area contributed by atoms with Crippen LogP contribution in [0.3, 0.4) is 0 Å². The fourth-order valence-electron chi connectivity index (χ4n) is 0. The molecule has 3 nitrogen and oxygen atoms in total. The van der Waals surface area contributed by atoms with Crippen LogP contribution in [0.4, 0.5) is 4.79 Å². The summed E-state index contributed by atoms with van der Waals surface area (Å²) < 4.78 is 0. The molecule has 28 valence electrons. The Morgan fingerprint density at radius 2 is 2.00 bits per heavy atom. The molecule has 0 aliphatic carbocycles. The third-order valence-corrected chi connectivity index (χ3v) is 0. The van der Waals surface area contributed by atoms with E-state index in [-0.39, 0.29) is 101 Å². The van der Waals surface area contributed by atoms with E-state index in [9.17, 15) is 0 Å². The topological polar surface area (TPSA) is 60.4 Å². The van der Waals surface area contributed by atoms with Crippen molar-refractivity contribution in [3.05, 3.63) is 0 Å². The smallest absolute Gasteiger partial charge is 1.00 e. The summed E-state index contributed by atoms with van der Waals surface area (Å²) in [5, 5.41) is 15.3. The van der Waals surface area contributed by atoms with Crippen LogP contribution in [0.25, 0.3) is 0 Å². The molecule has 0 saturated carbocycles. The summed E-state index contributed by atoms with van der Waals surface area (Å²) in [5.74, 6) is 0. The van der Waals surface area contributed by atoms with E-state index in [4.69, 9.17) is 15.0 Å². The van der Waals surface area contributed by atoms with Gasteiger partial charge in [-0.05, 0) is 0 Å². The van der Waals surface area contributed by atoms with Crippen molar-refractivity contribution in [1.82, 2.24) is 0 Å². The summed E-state index contributed by atoms with van der Waals surface area (Å²) >= 11 is 0. The molecule has 0 aromatic carbocycles. The van der Waals surface area contributed by atoms with Gasteiger partial charge in [0.15, 0.2) is 0 Å². The van der Waals surface area contributed by atoms with Crippen molar-refractivity contribution in [3.8, 4) is 0 Å². The Bertz CT molecular complexity index is 40.3. The van der Waals surface area contributed by atoms with Crippen molar-refractivity contribution in [3.63, 3.8) is 0 Å². The normalized spacial score (nSPS) is 4.00. The molecule has 0 fully saturated rings. The van der Waals surface area contributed by atoms with Crippen molar-refractivity contribution in [2.24, 2.45) is 0 Å². The van der Waals surface area contributed by atoms with Crippen LogP contribution in [0.5, 0.6) is 0 Å². The molecule has 0 amide bonds. The molecule has 0 spiro atoms. The number of rotatable bonds is 0. The van der Waals surface area contributed by atoms with E-state index in [1.807, 2.05) is 0 Å². The van der Waals surface area contributed by atoms with Crippen molar-refractivity contribution < 1.29 is 116 Å². The van der Waals surface area contributed by atoms with Crippen LogP contribution in [0.1, 0.15) is 2.85 Å². The molecular formula is CH4CsNaO3. The standard InChI is InChI=1S/CH2O3.Cs.Na.H2.H/c2-1(3)4;;;;/h(H2,2,3,4);;;1H;/q;2*+1;;-1/p-1. The first-order valence-corrected chi connectivity index (χ1v) is 0.632. The molecule has 0 rings (SSSR count). The van der Waals surface area contributed by atoms with Gasteiger partial charge in [-0.25, -0.2) is 0 Å². The fraction of sp³-hybridized carbons (Fsp3) is 0. The van der Waals surface area contributed by atoms with E-state index >= 15 is 0 Å². The van der Waals surface area contributed by atoms with E-state index < -0.39 is 6.16 Å². The molecule has 0 bridgehead atoms. The van der Waals surface area contributed by atoms with E-state index in [1.54, 1.807) is 0 Å². The largest absolute Gasteiger partial charge is 1.00 e. The Hall–Kier alpha value is 2.32. The first-order chi connectivity index (χ1) is 1.73. The third kappa shape index (κ3) is 33.2. The maximum absolute atomic E-state index is 8.44. The van der Waals surface area contributed by atoms with Crippen LogP contribution in [0.2, 0.25) is 0 Å². The molecule has 0 atom stereocenters. The average molecular weight is 220 g/mol. The summed E-state index contributed by atoms with van der Waals surface area (Å²) in [6, 6.07) is 0. The molecule has 0 aliphatic rings. The van der Waals surface area contributed by atoms with Crippen LogP contribution in [-0.2, 0) is 0 Å². The van der Waals surface area contributed by atoms with Crippen LogP contribution in [0.15, 0.2) is 0 Å². The van der Waals surface area contributed by atoms with Crippen LogP contribution in [-0.4, -0.2) is 11.3 Å². The molecule has 0 aliphatic heterocycles. The Labute approximate surface area is 119 Å². The fourth-order valence-corrected chi connectivity index (χ4v) is 0. The SMILES string of the molecule is O=C([O-])O.[Cs+].[H-].[HH].[Na+]. The number of carboxylic acid groups (broad SMARTS) is 2. The molecule has 0 radical (unpaired) electrons. The number of carbonyl (C=O) groups is 1. The summed E-state index contributed by atoms with van der Waals surface area (Å²) in [7, 11) is 0. The Morgan fingerprint density at radius 1 is 2.00 bits per heavy atom. The van der Waals surface area contributed by atoms with Crippen molar-refractivity contribution in [2.75, 3.05) is 0 Å². The van der Waals surface area contributed by atoms with E-state index in [0.717, 1.165) is 0 Å². The molecule has 1 N–H and O–H groups in total. The van der Waals surface area contributed by atoms with Crippen LogP contribution >= 0.6 is 0 Å². The molecule has 0 saturated heterocycles. The van der Waals surface area contributed by atoms with Gasteiger partial charge in [0, 0.05) is 1.43 Å². The molecular weight excluding hydrogens is 216 g/mol. The third-order valence-electron chi connectivity index (χ3n) is 0. The van der Waals surface area contributed by atoms with Gasteiger partial charge in [-0.1, -0.05) is 0 Å². The second-order valence-corrected chi connectivity index (χ2v) is 0.266.